The summed E-state index contributed by atoms with van der Waals surface area (Å²) >= 11 is 0. The number of hydrogen-bond acceptors (Lipinski definition) is 3. The highest BCUT2D eigenvalue weighted by Crippen LogP contribution is 2.12. The van der Waals surface area contributed by atoms with Crippen molar-refractivity contribution in [3.05, 3.63) is 83.6 Å². The van der Waals surface area contributed by atoms with Crippen LogP contribution in [0.15, 0.2) is 72.5 Å². The van der Waals surface area contributed by atoms with Crippen molar-refractivity contribution >= 4 is 0 Å². The fraction of sp³-hybridized carbons (Fsp3) is 0.176. The van der Waals surface area contributed by atoms with Gasteiger partial charge in [-0.3, -0.25) is 11.3 Å². The maximum Gasteiger partial charge on any atom is 0.113 e. The lowest BCUT2D eigenvalue weighted by Gasteiger charge is -2.11. The van der Waals surface area contributed by atoms with Gasteiger partial charge in [0.25, 0.3) is 0 Å². The van der Waals surface area contributed by atoms with E-state index in [4.69, 9.17) is 10.6 Å². The first-order valence-electron chi connectivity index (χ1n) is 6.71. The second-order valence-electron chi connectivity index (χ2n) is 4.52. The molecule has 0 aliphatic heterocycles. The molecule has 0 fully saturated rings. The zero-order valence-electron chi connectivity index (χ0n) is 11.5. The highest BCUT2D eigenvalue weighted by atomic mass is 16.5. The molecule has 0 aromatic heterocycles. The van der Waals surface area contributed by atoms with E-state index in [1.807, 2.05) is 42.5 Å². The normalized spacial score (nSPS) is 11.3. The Balaban J connectivity index is 1.97. The van der Waals surface area contributed by atoms with Crippen LogP contribution < -0.4 is 11.3 Å². The van der Waals surface area contributed by atoms with Crippen molar-refractivity contribution in [3.8, 4) is 0 Å². The number of allylic oxidation sites excluding steroid dienone is 1. The van der Waals surface area contributed by atoms with Crippen LogP contribution in [0.25, 0.3) is 0 Å². The van der Waals surface area contributed by atoms with Crippen LogP contribution in [0.2, 0.25) is 0 Å². The maximum absolute atomic E-state index is 5.90. The highest BCUT2D eigenvalue weighted by molar-refractivity contribution is 5.20. The quantitative estimate of drug-likeness (QED) is 0.461. The van der Waals surface area contributed by atoms with Crippen molar-refractivity contribution in [3.63, 3.8) is 0 Å². The van der Waals surface area contributed by atoms with Gasteiger partial charge >= 0.3 is 0 Å². The van der Waals surface area contributed by atoms with E-state index < -0.39 is 0 Å². The third-order valence-electron chi connectivity index (χ3n) is 2.94. The average molecular weight is 268 g/mol. The maximum atomic E-state index is 5.90. The van der Waals surface area contributed by atoms with E-state index in [1.165, 1.54) is 5.56 Å². The largest absolute Gasteiger partial charge is 0.493 e. The van der Waals surface area contributed by atoms with Gasteiger partial charge < -0.3 is 4.74 Å². The van der Waals surface area contributed by atoms with E-state index >= 15 is 0 Å². The Morgan fingerprint density at radius 2 is 1.55 bits per heavy atom. The first kappa shape index (κ1) is 14.3. The van der Waals surface area contributed by atoms with Gasteiger partial charge in [0.2, 0.25) is 0 Å². The van der Waals surface area contributed by atoms with E-state index in [9.17, 15) is 0 Å². The molecule has 2 aromatic rings. The van der Waals surface area contributed by atoms with Crippen LogP contribution in [0.4, 0.5) is 0 Å². The van der Waals surface area contributed by atoms with Crippen LogP contribution in [-0.2, 0) is 17.8 Å². The molecule has 0 aliphatic rings. The summed E-state index contributed by atoms with van der Waals surface area (Å²) < 4.78 is 5.90. The van der Waals surface area contributed by atoms with Gasteiger partial charge in [0.15, 0.2) is 0 Å². The van der Waals surface area contributed by atoms with E-state index in [1.54, 1.807) is 0 Å². The van der Waals surface area contributed by atoms with Crippen molar-refractivity contribution in [1.29, 1.82) is 0 Å². The zero-order valence-corrected chi connectivity index (χ0v) is 11.5. The molecule has 0 spiro atoms. The van der Waals surface area contributed by atoms with Crippen LogP contribution in [0.3, 0.4) is 0 Å². The van der Waals surface area contributed by atoms with Crippen molar-refractivity contribution in [1.82, 2.24) is 5.43 Å². The minimum Gasteiger partial charge on any atom is -0.493 e. The third-order valence-corrected chi connectivity index (χ3v) is 2.94. The van der Waals surface area contributed by atoms with Crippen LogP contribution in [0.1, 0.15) is 11.1 Å². The lowest BCUT2D eigenvalue weighted by molar-refractivity contribution is 0.192. The molecular formula is C17H20N2O. The second-order valence-corrected chi connectivity index (χ2v) is 4.52. The smallest absolute Gasteiger partial charge is 0.113 e. The number of rotatable bonds is 7. The molecule has 0 radical (unpaired) electrons. The van der Waals surface area contributed by atoms with Crippen molar-refractivity contribution in [2.24, 2.45) is 5.84 Å². The Morgan fingerprint density at radius 1 is 0.950 bits per heavy atom. The first-order chi connectivity index (χ1) is 9.88. The minimum absolute atomic E-state index is 0.573. The number of nitrogens with two attached hydrogens (primary N) is 1. The molecule has 0 saturated heterocycles. The Morgan fingerprint density at radius 3 is 2.15 bits per heavy atom. The molecule has 0 atom stereocenters. The number of hydrogen-bond donors (Lipinski definition) is 2. The molecule has 3 nitrogen and oxygen atoms in total. The second kappa shape index (κ2) is 8.15. The van der Waals surface area contributed by atoms with Gasteiger partial charge in [0, 0.05) is 13.0 Å². The highest BCUT2D eigenvalue weighted by Gasteiger charge is 2.01. The van der Waals surface area contributed by atoms with E-state index in [-0.39, 0.29) is 0 Å². The standard InChI is InChI=1S/C17H20N2O/c18-19-12-11-17(13-15-7-3-1-4-8-15)20-14-16-9-5-2-6-10-16/h1-11,19H,12-14,18H2. The fourth-order valence-electron chi connectivity index (χ4n) is 1.90. The summed E-state index contributed by atoms with van der Waals surface area (Å²) in [6, 6.07) is 20.4. The predicted molar refractivity (Wildman–Crippen MR) is 81.7 cm³/mol. The van der Waals surface area contributed by atoms with Crippen LogP contribution in [0, 0.1) is 0 Å². The third kappa shape index (κ3) is 4.88. The zero-order chi connectivity index (χ0) is 14.0. The van der Waals surface area contributed by atoms with Gasteiger partial charge in [0.1, 0.15) is 6.61 Å². The average Bonchev–Trinajstić information content (AvgIpc) is 2.52. The van der Waals surface area contributed by atoms with Gasteiger partial charge in [-0.2, -0.15) is 0 Å². The SMILES string of the molecule is NNCC=C(Cc1ccccc1)OCc1ccccc1. The van der Waals surface area contributed by atoms with Crippen molar-refractivity contribution in [2.45, 2.75) is 13.0 Å². The lowest BCUT2D eigenvalue weighted by Crippen LogP contribution is -2.22. The summed E-state index contributed by atoms with van der Waals surface area (Å²) in [6.45, 7) is 1.17. The van der Waals surface area contributed by atoms with Gasteiger partial charge in [0.05, 0.1) is 5.76 Å². The minimum atomic E-state index is 0.573. The van der Waals surface area contributed by atoms with Crippen LogP contribution >= 0.6 is 0 Å². The molecule has 104 valence electrons. The topological polar surface area (TPSA) is 47.3 Å². The van der Waals surface area contributed by atoms with E-state index in [0.29, 0.717) is 13.2 Å². The molecule has 0 saturated carbocycles. The van der Waals surface area contributed by atoms with Crippen LogP contribution in [-0.4, -0.2) is 6.54 Å². The first-order valence-corrected chi connectivity index (χ1v) is 6.71. The number of hydrazine groups is 1. The van der Waals surface area contributed by atoms with Crippen molar-refractivity contribution < 1.29 is 4.74 Å². The number of benzene rings is 2. The molecule has 2 rings (SSSR count). The Labute approximate surface area is 120 Å². The lowest BCUT2D eigenvalue weighted by atomic mass is 10.1. The summed E-state index contributed by atoms with van der Waals surface area (Å²) in [6.07, 6.45) is 2.76. The monoisotopic (exact) mass is 268 g/mol. The summed E-state index contributed by atoms with van der Waals surface area (Å²) in [4.78, 5) is 0. The Hall–Kier alpha value is -2.10. The number of nitrogens with one attached hydrogen (secondary N) is 1. The predicted octanol–water partition coefficient (Wildman–Crippen LogP) is 2.79. The Bertz CT molecular complexity index is 523. The van der Waals surface area contributed by atoms with Gasteiger partial charge in [-0.05, 0) is 17.2 Å². The Kier molecular flexibility index (Phi) is 5.83. The van der Waals surface area contributed by atoms with E-state index in [0.717, 1.165) is 17.7 Å². The fourth-order valence-corrected chi connectivity index (χ4v) is 1.90. The van der Waals surface area contributed by atoms with Gasteiger partial charge in [-0.1, -0.05) is 60.7 Å². The summed E-state index contributed by atoms with van der Waals surface area (Å²) in [5, 5.41) is 0. The summed E-state index contributed by atoms with van der Waals surface area (Å²) in [5.41, 5.74) is 5.01. The summed E-state index contributed by atoms with van der Waals surface area (Å²) in [5.74, 6) is 6.26. The number of ether oxygens (including phenoxy) is 1. The molecule has 3 N–H and O–H groups in total. The molecule has 0 amide bonds. The molecule has 3 heteroatoms. The van der Waals surface area contributed by atoms with Gasteiger partial charge in [-0.25, -0.2) is 0 Å². The molecule has 20 heavy (non-hydrogen) atoms. The summed E-state index contributed by atoms with van der Waals surface area (Å²) in [7, 11) is 0. The molecule has 0 heterocycles. The molecular weight excluding hydrogens is 248 g/mol. The molecule has 2 aromatic carbocycles. The van der Waals surface area contributed by atoms with E-state index in [2.05, 4.69) is 29.7 Å². The van der Waals surface area contributed by atoms with Gasteiger partial charge in [-0.15, -0.1) is 0 Å². The van der Waals surface area contributed by atoms with Crippen molar-refractivity contribution in [2.75, 3.05) is 6.54 Å². The molecule has 0 aliphatic carbocycles. The molecule has 0 unspecified atom stereocenters. The van der Waals surface area contributed by atoms with Crippen LogP contribution in [0.5, 0.6) is 0 Å². The molecule has 0 bridgehead atoms.